The monoisotopic (exact) mass is 172 g/mol. The molecule has 11 heavy (non-hydrogen) atoms. The number of amidine groups is 1. The molecule has 0 saturated heterocycles. The molecule has 2 N–H and O–H groups in total. The highest BCUT2D eigenvalue weighted by molar-refractivity contribution is 7.98. The fourth-order valence-corrected chi connectivity index (χ4v) is 1.34. The van der Waals surface area contributed by atoms with Crippen LogP contribution in [0.5, 0.6) is 0 Å². The predicted molar refractivity (Wildman–Crippen MR) is 52.2 cm³/mol. The normalized spacial score (nSPS) is 18.8. The Morgan fingerprint density at radius 1 is 1.64 bits per heavy atom. The van der Waals surface area contributed by atoms with Gasteiger partial charge in [-0.2, -0.15) is 11.8 Å². The maximum absolute atomic E-state index is 5.70. The number of hydrogen-bond donors (Lipinski definition) is 1. The molecule has 0 bridgehead atoms. The minimum atomic E-state index is 0.643. The Morgan fingerprint density at radius 2 is 2.36 bits per heavy atom. The third-order valence-electron chi connectivity index (χ3n) is 1.80. The Hall–Kier alpha value is -0.180. The summed E-state index contributed by atoms with van der Waals surface area (Å²) in [6.07, 6.45) is 5.80. The summed E-state index contributed by atoms with van der Waals surface area (Å²) in [5, 5.41) is 0. The van der Waals surface area contributed by atoms with Crippen molar-refractivity contribution < 1.29 is 0 Å². The first-order chi connectivity index (χ1) is 5.34. The summed E-state index contributed by atoms with van der Waals surface area (Å²) in [4.78, 5) is 4.30. The zero-order chi connectivity index (χ0) is 8.10. The molecule has 64 valence electrons. The molecular formula is C8H16N2S. The van der Waals surface area contributed by atoms with Crippen LogP contribution in [0, 0.1) is 5.92 Å². The van der Waals surface area contributed by atoms with Crippen LogP contribution in [-0.2, 0) is 0 Å². The van der Waals surface area contributed by atoms with Crippen LogP contribution in [0.25, 0.3) is 0 Å². The van der Waals surface area contributed by atoms with Gasteiger partial charge in [-0.25, -0.2) is 0 Å². The third kappa shape index (κ3) is 3.65. The average Bonchev–Trinajstić information content (AvgIpc) is 2.79. The number of hydrogen-bond acceptors (Lipinski definition) is 2. The molecule has 0 aromatic heterocycles. The Balaban J connectivity index is 2.02. The van der Waals surface area contributed by atoms with Crippen LogP contribution in [0.2, 0.25) is 0 Å². The van der Waals surface area contributed by atoms with E-state index in [-0.39, 0.29) is 0 Å². The van der Waals surface area contributed by atoms with Gasteiger partial charge < -0.3 is 5.73 Å². The van der Waals surface area contributed by atoms with E-state index in [1.165, 1.54) is 18.6 Å². The van der Waals surface area contributed by atoms with Crippen molar-refractivity contribution in [2.24, 2.45) is 16.6 Å². The van der Waals surface area contributed by atoms with Crippen LogP contribution in [-0.4, -0.2) is 24.4 Å². The second-order valence-electron chi connectivity index (χ2n) is 2.93. The number of aliphatic imine (C=N–C) groups is 1. The van der Waals surface area contributed by atoms with E-state index in [0.717, 1.165) is 18.8 Å². The molecule has 0 radical (unpaired) electrons. The van der Waals surface area contributed by atoms with Gasteiger partial charge in [0.05, 0.1) is 5.84 Å². The van der Waals surface area contributed by atoms with E-state index in [4.69, 9.17) is 5.73 Å². The van der Waals surface area contributed by atoms with Gasteiger partial charge in [0.25, 0.3) is 0 Å². The van der Waals surface area contributed by atoms with E-state index in [9.17, 15) is 0 Å². The van der Waals surface area contributed by atoms with Crippen molar-refractivity contribution in [2.75, 3.05) is 18.6 Å². The summed E-state index contributed by atoms with van der Waals surface area (Å²) in [5.41, 5.74) is 5.70. The summed E-state index contributed by atoms with van der Waals surface area (Å²) in [6.45, 7) is 0.920. The predicted octanol–water partition coefficient (Wildman–Crippen LogP) is 1.51. The van der Waals surface area contributed by atoms with Crippen molar-refractivity contribution in [2.45, 2.75) is 19.3 Å². The fourth-order valence-electron chi connectivity index (χ4n) is 0.925. The summed E-state index contributed by atoms with van der Waals surface area (Å²) in [5.74, 6) is 2.73. The second-order valence-corrected chi connectivity index (χ2v) is 3.91. The molecule has 1 aliphatic rings. The SMILES string of the molecule is CSCCCN=C(N)C1CC1. The first kappa shape index (κ1) is 8.91. The standard InChI is InChI=1S/C8H16N2S/c1-11-6-2-5-10-8(9)7-3-4-7/h7H,2-6H2,1H3,(H2,9,10). The Bertz CT molecular complexity index is 141. The van der Waals surface area contributed by atoms with Gasteiger partial charge >= 0.3 is 0 Å². The quantitative estimate of drug-likeness (QED) is 0.388. The van der Waals surface area contributed by atoms with Crippen LogP contribution >= 0.6 is 11.8 Å². The highest BCUT2D eigenvalue weighted by Crippen LogP contribution is 2.28. The summed E-state index contributed by atoms with van der Waals surface area (Å²) in [7, 11) is 0. The minimum absolute atomic E-state index is 0.643. The van der Waals surface area contributed by atoms with Crippen LogP contribution in [0.1, 0.15) is 19.3 Å². The molecule has 0 aromatic carbocycles. The van der Waals surface area contributed by atoms with Gasteiger partial charge in [0, 0.05) is 12.5 Å². The van der Waals surface area contributed by atoms with Crippen molar-refractivity contribution in [1.29, 1.82) is 0 Å². The highest BCUT2D eigenvalue weighted by atomic mass is 32.2. The molecule has 0 aliphatic heterocycles. The first-order valence-corrected chi connectivity index (χ1v) is 5.52. The van der Waals surface area contributed by atoms with E-state index in [1.807, 2.05) is 11.8 Å². The van der Waals surface area contributed by atoms with Crippen LogP contribution in [0.3, 0.4) is 0 Å². The molecule has 0 unspecified atom stereocenters. The molecule has 1 fully saturated rings. The van der Waals surface area contributed by atoms with E-state index < -0.39 is 0 Å². The fraction of sp³-hybridized carbons (Fsp3) is 0.875. The largest absolute Gasteiger partial charge is 0.387 e. The Labute approximate surface area is 72.6 Å². The number of thioether (sulfide) groups is 1. The lowest BCUT2D eigenvalue weighted by Crippen LogP contribution is -2.14. The molecule has 0 atom stereocenters. The van der Waals surface area contributed by atoms with Crippen LogP contribution < -0.4 is 5.73 Å². The molecular weight excluding hydrogens is 156 g/mol. The van der Waals surface area contributed by atoms with Gasteiger partial charge in [-0.1, -0.05) is 0 Å². The molecule has 3 heteroatoms. The van der Waals surface area contributed by atoms with Crippen molar-refractivity contribution in [3.05, 3.63) is 0 Å². The van der Waals surface area contributed by atoms with Gasteiger partial charge in [0.2, 0.25) is 0 Å². The average molecular weight is 172 g/mol. The molecule has 0 aromatic rings. The Morgan fingerprint density at radius 3 is 2.91 bits per heavy atom. The molecule has 1 rings (SSSR count). The van der Waals surface area contributed by atoms with Gasteiger partial charge in [0.15, 0.2) is 0 Å². The maximum Gasteiger partial charge on any atom is 0.0968 e. The first-order valence-electron chi connectivity index (χ1n) is 4.13. The molecule has 0 heterocycles. The molecule has 0 spiro atoms. The van der Waals surface area contributed by atoms with Crippen molar-refractivity contribution >= 4 is 17.6 Å². The number of nitrogens with two attached hydrogens (primary N) is 1. The van der Waals surface area contributed by atoms with Gasteiger partial charge in [-0.3, -0.25) is 4.99 Å². The van der Waals surface area contributed by atoms with Crippen molar-refractivity contribution in [3.63, 3.8) is 0 Å². The number of rotatable bonds is 5. The summed E-state index contributed by atoms with van der Waals surface area (Å²) in [6, 6.07) is 0. The van der Waals surface area contributed by atoms with Gasteiger partial charge in [-0.05, 0) is 31.3 Å². The van der Waals surface area contributed by atoms with E-state index in [0.29, 0.717) is 5.92 Å². The zero-order valence-electron chi connectivity index (χ0n) is 7.05. The zero-order valence-corrected chi connectivity index (χ0v) is 7.86. The third-order valence-corrected chi connectivity index (χ3v) is 2.49. The summed E-state index contributed by atoms with van der Waals surface area (Å²) < 4.78 is 0. The second kappa shape index (κ2) is 4.65. The highest BCUT2D eigenvalue weighted by Gasteiger charge is 2.24. The van der Waals surface area contributed by atoms with E-state index >= 15 is 0 Å². The topological polar surface area (TPSA) is 38.4 Å². The van der Waals surface area contributed by atoms with Crippen LogP contribution in [0.15, 0.2) is 4.99 Å². The van der Waals surface area contributed by atoms with Crippen LogP contribution in [0.4, 0.5) is 0 Å². The Kier molecular flexibility index (Phi) is 3.77. The lowest BCUT2D eigenvalue weighted by Gasteiger charge is -1.96. The lowest BCUT2D eigenvalue weighted by atomic mass is 10.4. The van der Waals surface area contributed by atoms with E-state index in [1.54, 1.807) is 0 Å². The molecule has 0 amide bonds. The lowest BCUT2D eigenvalue weighted by molar-refractivity contribution is 0.927. The molecule has 1 aliphatic carbocycles. The van der Waals surface area contributed by atoms with Gasteiger partial charge in [0.1, 0.15) is 0 Å². The van der Waals surface area contributed by atoms with Crippen molar-refractivity contribution in [3.8, 4) is 0 Å². The molecule has 2 nitrogen and oxygen atoms in total. The van der Waals surface area contributed by atoms with Gasteiger partial charge in [-0.15, -0.1) is 0 Å². The molecule has 1 saturated carbocycles. The number of nitrogens with zero attached hydrogens (tertiary/aromatic N) is 1. The minimum Gasteiger partial charge on any atom is -0.387 e. The maximum atomic E-state index is 5.70. The van der Waals surface area contributed by atoms with Crippen molar-refractivity contribution in [1.82, 2.24) is 0 Å². The van der Waals surface area contributed by atoms with E-state index in [2.05, 4.69) is 11.2 Å². The smallest absolute Gasteiger partial charge is 0.0968 e. The summed E-state index contributed by atoms with van der Waals surface area (Å²) >= 11 is 1.87.